The van der Waals surface area contributed by atoms with Gasteiger partial charge < -0.3 is 20.3 Å². The maximum Gasteiger partial charge on any atom is 0.123 e. The van der Waals surface area contributed by atoms with Crippen molar-refractivity contribution in [1.82, 2.24) is 4.90 Å². The van der Waals surface area contributed by atoms with E-state index in [0.717, 1.165) is 37.6 Å². The van der Waals surface area contributed by atoms with Crippen LogP contribution in [0.1, 0.15) is 6.92 Å². The van der Waals surface area contributed by atoms with Gasteiger partial charge in [-0.2, -0.15) is 0 Å². The Morgan fingerprint density at radius 3 is 2.53 bits per heavy atom. The van der Waals surface area contributed by atoms with Crippen molar-refractivity contribution in [3.05, 3.63) is 18.2 Å². The molecule has 94 valence electrons. The number of likely N-dealkylation sites (N-methyl/N-ethyl adjacent to an activating group) is 1. The molecule has 0 atom stereocenters. The van der Waals surface area contributed by atoms with Crippen molar-refractivity contribution in [3.8, 4) is 5.75 Å². The summed E-state index contributed by atoms with van der Waals surface area (Å²) in [4.78, 5) is 4.70. The van der Waals surface area contributed by atoms with Crippen LogP contribution >= 0.6 is 0 Å². The molecular formula is C13H21N3O. The molecule has 1 fully saturated rings. The number of nitrogens with zero attached hydrogens (tertiary/aromatic N) is 2. The lowest BCUT2D eigenvalue weighted by molar-refractivity contribution is 0.312. The third-order valence-corrected chi connectivity index (χ3v) is 3.09. The number of piperazine rings is 1. The molecule has 2 N–H and O–H groups in total. The Morgan fingerprint density at radius 2 is 1.88 bits per heavy atom. The average Bonchev–Trinajstić information content (AvgIpc) is 2.29. The second kappa shape index (κ2) is 5.27. The normalized spacial score (nSPS) is 17.2. The summed E-state index contributed by atoms with van der Waals surface area (Å²) in [5, 5.41) is 0. The topological polar surface area (TPSA) is 41.7 Å². The first-order valence-corrected chi connectivity index (χ1v) is 6.16. The number of hydrogen-bond acceptors (Lipinski definition) is 4. The largest absolute Gasteiger partial charge is 0.494 e. The van der Waals surface area contributed by atoms with E-state index in [9.17, 15) is 0 Å². The summed E-state index contributed by atoms with van der Waals surface area (Å²) in [6.45, 7) is 6.94. The number of anilines is 2. The van der Waals surface area contributed by atoms with E-state index in [4.69, 9.17) is 10.5 Å². The van der Waals surface area contributed by atoms with Crippen molar-refractivity contribution in [3.63, 3.8) is 0 Å². The van der Waals surface area contributed by atoms with Gasteiger partial charge in [-0.1, -0.05) is 0 Å². The summed E-state index contributed by atoms with van der Waals surface area (Å²) in [6, 6.07) is 5.97. The third-order valence-electron chi connectivity index (χ3n) is 3.09. The predicted molar refractivity (Wildman–Crippen MR) is 71.7 cm³/mol. The van der Waals surface area contributed by atoms with Crippen molar-refractivity contribution >= 4 is 11.4 Å². The van der Waals surface area contributed by atoms with Crippen molar-refractivity contribution < 1.29 is 4.74 Å². The minimum Gasteiger partial charge on any atom is -0.494 e. The fourth-order valence-corrected chi connectivity index (χ4v) is 2.10. The van der Waals surface area contributed by atoms with Crippen LogP contribution in [0.2, 0.25) is 0 Å². The van der Waals surface area contributed by atoms with Gasteiger partial charge in [-0.15, -0.1) is 0 Å². The smallest absolute Gasteiger partial charge is 0.123 e. The van der Waals surface area contributed by atoms with Crippen molar-refractivity contribution in [2.24, 2.45) is 0 Å². The Bertz CT molecular complexity index is 373. The zero-order valence-electron chi connectivity index (χ0n) is 10.6. The van der Waals surface area contributed by atoms with Gasteiger partial charge >= 0.3 is 0 Å². The average molecular weight is 235 g/mol. The molecule has 1 heterocycles. The highest BCUT2D eigenvalue weighted by Gasteiger charge is 2.15. The van der Waals surface area contributed by atoms with Crippen LogP contribution in [-0.2, 0) is 0 Å². The number of benzene rings is 1. The molecule has 4 nitrogen and oxygen atoms in total. The minimum absolute atomic E-state index is 0.672. The van der Waals surface area contributed by atoms with E-state index in [0.29, 0.717) is 6.61 Å². The van der Waals surface area contributed by atoms with Crippen molar-refractivity contribution in [2.45, 2.75) is 6.92 Å². The summed E-state index contributed by atoms with van der Waals surface area (Å²) in [7, 11) is 2.16. The molecule has 0 saturated carbocycles. The molecule has 0 aliphatic carbocycles. The molecule has 2 rings (SSSR count). The Labute approximate surface area is 103 Å². The maximum absolute atomic E-state index is 5.91. The molecule has 0 bridgehead atoms. The predicted octanol–water partition coefficient (Wildman–Crippen LogP) is 1.42. The molecular weight excluding hydrogens is 214 g/mol. The lowest BCUT2D eigenvalue weighted by atomic mass is 10.2. The quantitative estimate of drug-likeness (QED) is 0.805. The van der Waals surface area contributed by atoms with Crippen LogP contribution in [-0.4, -0.2) is 44.7 Å². The van der Waals surface area contributed by atoms with E-state index in [1.165, 1.54) is 5.69 Å². The monoisotopic (exact) mass is 235 g/mol. The van der Waals surface area contributed by atoms with Gasteiger partial charge in [-0.3, -0.25) is 0 Å². The highest BCUT2D eigenvalue weighted by atomic mass is 16.5. The summed E-state index contributed by atoms with van der Waals surface area (Å²) >= 11 is 0. The van der Waals surface area contributed by atoms with Gasteiger partial charge in [-0.05, 0) is 20.0 Å². The van der Waals surface area contributed by atoms with E-state index < -0.39 is 0 Å². The van der Waals surface area contributed by atoms with Crippen LogP contribution in [0.15, 0.2) is 18.2 Å². The van der Waals surface area contributed by atoms with Crippen LogP contribution in [0.3, 0.4) is 0 Å². The van der Waals surface area contributed by atoms with E-state index in [1.807, 2.05) is 19.1 Å². The first-order chi connectivity index (χ1) is 8.19. The molecule has 1 saturated heterocycles. The van der Waals surface area contributed by atoms with Crippen LogP contribution < -0.4 is 15.4 Å². The van der Waals surface area contributed by atoms with Gasteiger partial charge in [0.2, 0.25) is 0 Å². The zero-order chi connectivity index (χ0) is 12.3. The lowest BCUT2D eigenvalue weighted by Gasteiger charge is -2.34. The number of nitrogens with two attached hydrogens (primary N) is 1. The van der Waals surface area contributed by atoms with E-state index in [2.05, 4.69) is 22.9 Å². The van der Waals surface area contributed by atoms with Crippen LogP contribution in [0, 0.1) is 0 Å². The van der Waals surface area contributed by atoms with Gasteiger partial charge in [0.05, 0.1) is 6.61 Å². The van der Waals surface area contributed by atoms with E-state index >= 15 is 0 Å². The van der Waals surface area contributed by atoms with Gasteiger partial charge in [0.1, 0.15) is 5.75 Å². The molecule has 1 aromatic carbocycles. The summed E-state index contributed by atoms with van der Waals surface area (Å²) < 4.78 is 5.52. The van der Waals surface area contributed by atoms with Gasteiger partial charge in [-0.25, -0.2) is 0 Å². The molecule has 1 aliphatic heterocycles. The van der Waals surface area contributed by atoms with E-state index in [1.54, 1.807) is 0 Å². The van der Waals surface area contributed by atoms with Gasteiger partial charge in [0, 0.05) is 49.7 Å². The van der Waals surface area contributed by atoms with Gasteiger partial charge in [0.15, 0.2) is 0 Å². The van der Waals surface area contributed by atoms with E-state index in [-0.39, 0.29) is 0 Å². The van der Waals surface area contributed by atoms with Crippen LogP contribution in [0.4, 0.5) is 11.4 Å². The number of ether oxygens (including phenoxy) is 1. The second-order valence-electron chi connectivity index (χ2n) is 4.48. The minimum atomic E-state index is 0.672. The molecule has 4 heteroatoms. The summed E-state index contributed by atoms with van der Waals surface area (Å²) in [6.07, 6.45) is 0. The van der Waals surface area contributed by atoms with Gasteiger partial charge in [0.25, 0.3) is 0 Å². The molecule has 0 amide bonds. The molecule has 1 aromatic rings. The molecule has 0 aromatic heterocycles. The Kier molecular flexibility index (Phi) is 3.74. The highest BCUT2D eigenvalue weighted by molar-refractivity contribution is 5.60. The first kappa shape index (κ1) is 12.0. The SMILES string of the molecule is CCOc1cc(N)cc(N2CCN(C)CC2)c1. The van der Waals surface area contributed by atoms with Crippen molar-refractivity contribution in [2.75, 3.05) is 50.5 Å². The Balaban J connectivity index is 2.14. The Hall–Kier alpha value is -1.42. The fraction of sp³-hybridized carbons (Fsp3) is 0.538. The third kappa shape index (κ3) is 3.03. The molecule has 0 unspecified atom stereocenters. The molecule has 0 radical (unpaired) electrons. The lowest BCUT2D eigenvalue weighted by Crippen LogP contribution is -2.44. The number of rotatable bonds is 3. The Morgan fingerprint density at radius 1 is 1.18 bits per heavy atom. The number of hydrogen-bond donors (Lipinski definition) is 1. The zero-order valence-corrected chi connectivity index (χ0v) is 10.6. The fourth-order valence-electron chi connectivity index (χ4n) is 2.10. The summed E-state index contributed by atoms with van der Waals surface area (Å²) in [5.41, 5.74) is 7.84. The number of nitrogen functional groups attached to an aromatic ring is 1. The first-order valence-electron chi connectivity index (χ1n) is 6.16. The highest BCUT2D eigenvalue weighted by Crippen LogP contribution is 2.26. The standard InChI is InChI=1S/C13H21N3O/c1-3-17-13-9-11(14)8-12(10-13)16-6-4-15(2)5-7-16/h8-10H,3-7,14H2,1-2H3. The van der Waals surface area contributed by atoms with Crippen molar-refractivity contribution in [1.29, 1.82) is 0 Å². The van der Waals surface area contributed by atoms with Crippen LogP contribution in [0.25, 0.3) is 0 Å². The van der Waals surface area contributed by atoms with Crippen LogP contribution in [0.5, 0.6) is 5.75 Å². The molecule has 17 heavy (non-hydrogen) atoms. The maximum atomic E-state index is 5.91. The summed E-state index contributed by atoms with van der Waals surface area (Å²) in [5.74, 6) is 0.862. The second-order valence-corrected chi connectivity index (χ2v) is 4.48. The molecule has 1 aliphatic rings. The molecule has 0 spiro atoms.